The molecule has 0 aromatic carbocycles. The van der Waals surface area contributed by atoms with E-state index in [0.29, 0.717) is 32.1 Å². The monoisotopic (exact) mass is 540 g/mol. The Kier molecular flexibility index (Phi) is 73.6. The van der Waals surface area contributed by atoms with E-state index in [9.17, 15) is 24.0 Å². The maximum absolute atomic E-state index is 10.6. The molecule has 0 N–H and O–H groups in total. The average molecular weight is 542 g/mol. The summed E-state index contributed by atoms with van der Waals surface area (Å²) in [6.45, 7) is 30.5. The highest BCUT2D eigenvalue weighted by atomic mass is 35.5. The van der Waals surface area contributed by atoms with Crippen molar-refractivity contribution in [3.63, 3.8) is 0 Å². The highest BCUT2D eigenvalue weighted by Gasteiger charge is 1.88. The van der Waals surface area contributed by atoms with Crippen LogP contribution >= 0.6 is 23.2 Å². The van der Waals surface area contributed by atoms with Crippen LogP contribution in [0, 0.1) is 0 Å². The van der Waals surface area contributed by atoms with E-state index in [2.05, 4.69) is 69.0 Å². The normalized spacial score (nSPS) is 6.53. The molecule has 0 aromatic rings. The first-order valence-electron chi connectivity index (χ1n) is 10.7. The molecule has 0 saturated heterocycles. The zero-order chi connectivity index (χ0) is 30.4. The van der Waals surface area contributed by atoms with Crippen LogP contribution < -0.4 is 0 Å². The number of rotatable bonds is 8. The first-order valence-corrected chi connectivity index (χ1v) is 11.5. The summed E-state index contributed by atoms with van der Waals surface area (Å²) in [4.78, 5) is 50.7. The molecule has 0 radical (unpaired) electrons. The van der Waals surface area contributed by atoms with Crippen molar-refractivity contribution >= 4 is 51.0 Å². The summed E-state index contributed by atoms with van der Waals surface area (Å²) in [5.41, 5.74) is 9.43. The third kappa shape index (κ3) is 110. The molecule has 0 spiro atoms. The molecule has 0 atom stereocenters. The number of ketones is 3. The van der Waals surface area contributed by atoms with Crippen LogP contribution in [0.2, 0.25) is 0 Å². The van der Waals surface area contributed by atoms with Crippen LogP contribution in [0.15, 0.2) is 87.2 Å². The maximum Gasteiger partial charge on any atom is 0.221 e. The summed E-state index contributed by atoms with van der Waals surface area (Å²) in [5, 5.41) is -0.546. The molecule has 0 aliphatic rings. The van der Waals surface area contributed by atoms with Crippen molar-refractivity contribution in [2.45, 2.75) is 66.7 Å². The highest BCUT2D eigenvalue weighted by Crippen LogP contribution is 1.84. The number of halogens is 2. The van der Waals surface area contributed by atoms with Gasteiger partial charge in [-0.2, -0.15) is 0 Å². The van der Waals surface area contributed by atoms with Crippen LogP contribution in [-0.2, 0) is 24.0 Å². The lowest BCUT2D eigenvalue weighted by molar-refractivity contribution is -0.115. The molecule has 0 amide bonds. The lowest BCUT2D eigenvalue weighted by atomic mass is 10.3. The summed E-state index contributed by atoms with van der Waals surface area (Å²) in [6, 6.07) is 0. The molecule has 0 bridgehead atoms. The van der Waals surface area contributed by atoms with Gasteiger partial charge in [-0.3, -0.25) is 24.0 Å². The Morgan fingerprint density at radius 3 is 0.861 bits per heavy atom. The van der Waals surface area contributed by atoms with Gasteiger partial charge in [0.15, 0.2) is 17.3 Å². The van der Waals surface area contributed by atoms with E-state index >= 15 is 0 Å². The third-order valence-electron chi connectivity index (χ3n) is 2.35. The number of carbonyl (C=O) groups is 5. The summed E-state index contributed by atoms with van der Waals surface area (Å²) >= 11 is 9.65. The first-order chi connectivity index (χ1) is 16.9. The Bertz CT molecular complexity index is 721. The van der Waals surface area contributed by atoms with Crippen LogP contribution in [0.3, 0.4) is 0 Å². The topological polar surface area (TPSA) is 85.3 Å². The minimum Gasteiger partial charge on any atom is -0.294 e. The minimum absolute atomic E-state index is 0.00912. The molecule has 0 fully saturated rings. The first kappa shape index (κ1) is 49.8. The van der Waals surface area contributed by atoms with E-state index in [1.54, 1.807) is 34.6 Å². The van der Waals surface area contributed by atoms with Crippen molar-refractivity contribution in [3.8, 4) is 0 Å². The van der Waals surface area contributed by atoms with Gasteiger partial charge in [-0.1, -0.05) is 67.5 Å². The molecule has 0 rings (SSSR count). The zero-order valence-electron chi connectivity index (χ0n) is 22.5. The van der Waals surface area contributed by atoms with E-state index in [1.165, 1.54) is 18.2 Å². The predicted octanol–water partition coefficient (Wildman–Crippen LogP) is 8.00. The van der Waals surface area contributed by atoms with Gasteiger partial charge in [-0.05, 0) is 23.2 Å². The molecule has 5 nitrogen and oxygen atoms in total. The number of carbonyl (C=O) groups excluding carboxylic acids is 5. The SMILES string of the molecule is C=C.C=C=C.C=C=C.C=C=CC(=O)CC.CCC(=O)C=C=CC(=O)CC.CCC(=O)Cl.CCC(=O)Cl. The molecule has 0 unspecified atom stereocenters. The molecule has 0 aliphatic carbocycles. The minimum atomic E-state index is -0.273. The lowest BCUT2D eigenvalue weighted by Crippen LogP contribution is -1.87. The van der Waals surface area contributed by atoms with Crippen molar-refractivity contribution < 1.29 is 24.0 Å². The highest BCUT2D eigenvalue weighted by molar-refractivity contribution is 6.63. The van der Waals surface area contributed by atoms with Gasteiger partial charge >= 0.3 is 0 Å². The van der Waals surface area contributed by atoms with E-state index in [-0.39, 0.29) is 27.8 Å². The quantitative estimate of drug-likeness (QED) is 0.135. The second-order valence-corrected chi connectivity index (χ2v) is 6.02. The fourth-order valence-electron chi connectivity index (χ4n) is 0.648. The second kappa shape index (κ2) is 53.2. The lowest BCUT2D eigenvalue weighted by Gasteiger charge is -1.80. The van der Waals surface area contributed by atoms with Gasteiger partial charge in [-0.25, -0.2) is 0 Å². The van der Waals surface area contributed by atoms with Gasteiger partial charge in [-0.15, -0.1) is 36.1 Å². The Morgan fingerprint density at radius 1 is 0.556 bits per heavy atom. The molecule has 0 heterocycles. The Morgan fingerprint density at radius 2 is 0.750 bits per heavy atom. The molecule has 0 aromatic heterocycles. The van der Waals surface area contributed by atoms with E-state index in [4.69, 9.17) is 23.2 Å². The van der Waals surface area contributed by atoms with E-state index in [0.717, 1.165) is 0 Å². The molecule has 0 aliphatic heterocycles. The van der Waals surface area contributed by atoms with Gasteiger partial charge in [0.25, 0.3) is 0 Å². The summed E-state index contributed by atoms with van der Waals surface area (Å²) in [6.07, 6.45) is 6.27. The van der Waals surface area contributed by atoms with Gasteiger partial charge < -0.3 is 0 Å². The van der Waals surface area contributed by atoms with Gasteiger partial charge in [0.05, 0.1) is 0 Å². The maximum atomic E-state index is 10.6. The molecular formula is C29H42Cl2O5. The van der Waals surface area contributed by atoms with Crippen LogP contribution in [0.1, 0.15) is 66.7 Å². The van der Waals surface area contributed by atoms with Crippen molar-refractivity contribution in [2.24, 2.45) is 0 Å². The largest absolute Gasteiger partial charge is 0.294 e. The predicted molar refractivity (Wildman–Crippen MR) is 155 cm³/mol. The van der Waals surface area contributed by atoms with Gasteiger partial charge in [0.2, 0.25) is 10.5 Å². The Labute approximate surface area is 228 Å². The standard InChI is InChI=1S/C9H12O2.C6H8O.2C3H5ClO.2C3H4.C2H4/c1-3-8(10)6-5-7-9(11)4-2;1-3-5-6(7)4-2;2*1-2-3(4)5;2*1-3-2;1-2/h6-7H,3-4H2,1-2H3;5H,1,4H2,2H3;2*2H2,1H3;2*1-2H2;1-2H2. The van der Waals surface area contributed by atoms with Gasteiger partial charge in [0, 0.05) is 50.3 Å². The van der Waals surface area contributed by atoms with Crippen LogP contribution in [0.5, 0.6) is 0 Å². The van der Waals surface area contributed by atoms with Gasteiger partial charge in [0.1, 0.15) is 0 Å². The average Bonchev–Trinajstić information content (AvgIpc) is 2.87. The third-order valence-corrected chi connectivity index (χ3v) is 2.89. The molecule has 202 valence electrons. The molecule has 0 saturated carbocycles. The fraction of sp³-hybridized carbons (Fsp3) is 0.345. The number of allylic oxidation sites excluding steroid dienone is 2. The fourth-order valence-corrected chi connectivity index (χ4v) is 0.648. The Balaban J connectivity index is -0.0000000589. The van der Waals surface area contributed by atoms with Crippen LogP contribution in [-0.4, -0.2) is 27.8 Å². The smallest absolute Gasteiger partial charge is 0.221 e. The number of hydrogen-bond donors (Lipinski definition) is 0. The summed E-state index contributed by atoms with van der Waals surface area (Å²) in [5.74, 6) is 0.0605. The van der Waals surface area contributed by atoms with Crippen molar-refractivity contribution in [2.75, 3.05) is 0 Å². The second-order valence-electron chi connectivity index (χ2n) is 5.18. The summed E-state index contributed by atoms with van der Waals surface area (Å²) in [7, 11) is 0. The molecule has 7 heteroatoms. The zero-order valence-corrected chi connectivity index (χ0v) is 24.0. The molecule has 36 heavy (non-hydrogen) atoms. The number of hydrogen-bond acceptors (Lipinski definition) is 5. The van der Waals surface area contributed by atoms with Crippen molar-refractivity contribution in [1.82, 2.24) is 0 Å². The summed E-state index contributed by atoms with van der Waals surface area (Å²) < 4.78 is 0. The molecular weight excluding hydrogens is 499 g/mol. The van der Waals surface area contributed by atoms with Crippen molar-refractivity contribution in [3.05, 3.63) is 87.2 Å². The van der Waals surface area contributed by atoms with E-state index < -0.39 is 0 Å². The van der Waals surface area contributed by atoms with Crippen LogP contribution in [0.25, 0.3) is 0 Å². The van der Waals surface area contributed by atoms with E-state index in [1.807, 2.05) is 0 Å². The van der Waals surface area contributed by atoms with Crippen molar-refractivity contribution in [1.29, 1.82) is 0 Å². The Hall–Kier alpha value is -3.25. The van der Waals surface area contributed by atoms with Crippen LogP contribution in [0.4, 0.5) is 0 Å².